The maximum atomic E-state index is 12.2. The van der Waals surface area contributed by atoms with Gasteiger partial charge >= 0.3 is 0 Å². The number of carbonyl (C=O) groups is 1. The number of aromatic nitrogens is 2. The molecular formula is C20H18ClN3O2S. The highest BCUT2D eigenvalue weighted by molar-refractivity contribution is 7.15. The van der Waals surface area contributed by atoms with Crippen molar-refractivity contribution in [1.82, 2.24) is 15.5 Å². The van der Waals surface area contributed by atoms with Crippen LogP contribution in [0.25, 0.3) is 11.1 Å². The summed E-state index contributed by atoms with van der Waals surface area (Å²) >= 11 is 7.48. The molecule has 0 bridgehead atoms. The molecule has 0 saturated heterocycles. The Kier molecular flexibility index (Phi) is 5.88. The minimum absolute atomic E-state index is 0.255. The number of hydrogen-bond acceptors (Lipinski definition) is 5. The predicted molar refractivity (Wildman–Crippen MR) is 109 cm³/mol. The average Bonchev–Trinajstić information content (AvgIpc) is 3.15. The topological polar surface area (TPSA) is 75.1 Å². The Morgan fingerprint density at radius 3 is 2.44 bits per heavy atom. The molecule has 2 aromatic carbocycles. The zero-order valence-electron chi connectivity index (χ0n) is 14.9. The molecule has 0 unspecified atom stereocenters. The van der Waals surface area contributed by atoms with E-state index < -0.39 is 0 Å². The van der Waals surface area contributed by atoms with Crippen LogP contribution < -0.4 is 5.32 Å². The molecule has 3 rings (SSSR count). The second kappa shape index (κ2) is 8.33. The summed E-state index contributed by atoms with van der Waals surface area (Å²) in [5.41, 5.74) is 3.39. The number of nitrogens with zero attached hydrogens (tertiary/aromatic N) is 2. The standard InChI is InChI=1S/C20H18ClN3O2S/c1-12-8-15(9-13(2)17(12)25)10-16(21)19-23-24-20(27-19)18(26)22-11-14-6-4-3-5-7-14/h3-10,25H,11H2,1-2H3,(H,22,26)/b16-10-. The summed E-state index contributed by atoms with van der Waals surface area (Å²) in [6.07, 6.45) is 1.74. The van der Waals surface area contributed by atoms with E-state index in [4.69, 9.17) is 11.6 Å². The Hall–Kier alpha value is -2.70. The summed E-state index contributed by atoms with van der Waals surface area (Å²) in [5.74, 6) is -0.0139. The number of phenolic OH excluding ortho intramolecular Hbond substituents is 1. The summed E-state index contributed by atoms with van der Waals surface area (Å²) in [5, 5.41) is 21.7. The van der Waals surface area contributed by atoms with Gasteiger partial charge in [0.25, 0.3) is 5.91 Å². The van der Waals surface area contributed by atoms with Crippen LogP contribution in [0.5, 0.6) is 5.75 Å². The van der Waals surface area contributed by atoms with Crippen LogP contribution in [0.1, 0.15) is 37.1 Å². The molecule has 0 spiro atoms. The first-order valence-electron chi connectivity index (χ1n) is 8.27. The Morgan fingerprint density at radius 1 is 1.15 bits per heavy atom. The molecule has 1 heterocycles. The van der Waals surface area contributed by atoms with Crippen molar-refractivity contribution >= 4 is 40.0 Å². The quantitative estimate of drug-likeness (QED) is 0.661. The van der Waals surface area contributed by atoms with Crippen LogP contribution in [0.4, 0.5) is 0 Å². The molecule has 0 saturated carbocycles. The fourth-order valence-corrected chi connectivity index (χ4v) is 3.49. The first kappa shape index (κ1) is 19.1. The smallest absolute Gasteiger partial charge is 0.282 e. The minimum atomic E-state index is -0.289. The monoisotopic (exact) mass is 399 g/mol. The van der Waals surface area contributed by atoms with E-state index in [1.54, 1.807) is 6.08 Å². The van der Waals surface area contributed by atoms with E-state index in [-0.39, 0.29) is 16.7 Å². The van der Waals surface area contributed by atoms with Crippen molar-refractivity contribution in [3.63, 3.8) is 0 Å². The van der Waals surface area contributed by atoms with Crippen molar-refractivity contribution in [1.29, 1.82) is 0 Å². The van der Waals surface area contributed by atoms with Crippen molar-refractivity contribution in [3.05, 3.63) is 74.7 Å². The van der Waals surface area contributed by atoms with E-state index in [0.29, 0.717) is 16.6 Å². The molecule has 138 valence electrons. The van der Waals surface area contributed by atoms with Crippen molar-refractivity contribution < 1.29 is 9.90 Å². The molecule has 0 aliphatic rings. The molecule has 7 heteroatoms. The number of aromatic hydroxyl groups is 1. The third-order valence-corrected chi connectivity index (χ3v) is 5.28. The molecule has 3 aromatic rings. The Balaban J connectivity index is 1.71. The van der Waals surface area contributed by atoms with Crippen molar-refractivity contribution in [2.75, 3.05) is 0 Å². The molecule has 0 aliphatic carbocycles. The van der Waals surface area contributed by atoms with Gasteiger partial charge in [-0.2, -0.15) is 0 Å². The van der Waals surface area contributed by atoms with Gasteiger partial charge in [0.05, 0.1) is 5.03 Å². The highest BCUT2D eigenvalue weighted by atomic mass is 35.5. The van der Waals surface area contributed by atoms with Crippen molar-refractivity contribution in [2.24, 2.45) is 0 Å². The maximum absolute atomic E-state index is 12.2. The molecule has 27 heavy (non-hydrogen) atoms. The average molecular weight is 400 g/mol. The number of carbonyl (C=O) groups excluding carboxylic acids is 1. The number of phenols is 1. The lowest BCUT2D eigenvalue weighted by Crippen LogP contribution is -2.22. The lowest BCUT2D eigenvalue weighted by molar-refractivity contribution is 0.0950. The van der Waals surface area contributed by atoms with Crippen LogP contribution in [0.15, 0.2) is 42.5 Å². The summed E-state index contributed by atoms with van der Waals surface area (Å²) in [6, 6.07) is 13.3. The summed E-state index contributed by atoms with van der Waals surface area (Å²) < 4.78 is 0. The predicted octanol–water partition coefficient (Wildman–Crippen LogP) is 4.53. The van der Waals surface area contributed by atoms with Gasteiger partial charge in [-0.1, -0.05) is 53.3 Å². The zero-order chi connectivity index (χ0) is 19.4. The number of benzene rings is 2. The zero-order valence-corrected chi connectivity index (χ0v) is 16.4. The first-order chi connectivity index (χ1) is 12.9. The number of nitrogens with one attached hydrogen (secondary N) is 1. The fourth-order valence-electron chi connectivity index (χ4n) is 2.55. The third-order valence-electron chi connectivity index (χ3n) is 3.93. The van der Waals surface area contributed by atoms with E-state index in [1.165, 1.54) is 0 Å². The van der Waals surface area contributed by atoms with Gasteiger partial charge in [0.2, 0.25) is 5.01 Å². The minimum Gasteiger partial charge on any atom is -0.507 e. The lowest BCUT2D eigenvalue weighted by Gasteiger charge is -2.05. The number of halogens is 1. The highest BCUT2D eigenvalue weighted by Crippen LogP contribution is 2.28. The molecule has 0 atom stereocenters. The van der Waals surface area contributed by atoms with Gasteiger partial charge in [-0.15, -0.1) is 10.2 Å². The van der Waals surface area contributed by atoms with Crippen LogP contribution >= 0.6 is 22.9 Å². The Bertz CT molecular complexity index is 976. The Morgan fingerprint density at radius 2 is 1.78 bits per heavy atom. The fraction of sp³-hybridized carbons (Fsp3) is 0.150. The number of aryl methyl sites for hydroxylation is 2. The lowest BCUT2D eigenvalue weighted by atomic mass is 10.1. The molecule has 0 radical (unpaired) electrons. The largest absolute Gasteiger partial charge is 0.507 e. The molecule has 2 N–H and O–H groups in total. The summed E-state index contributed by atoms with van der Waals surface area (Å²) in [7, 11) is 0. The molecule has 0 fully saturated rings. The normalized spacial score (nSPS) is 11.4. The van der Waals surface area contributed by atoms with Gasteiger partial charge < -0.3 is 10.4 Å². The van der Waals surface area contributed by atoms with Gasteiger partial charge in [0.1, 0.15) is 5.75 Å². The van der Waals surface area contributed by atoms with E-state index >= 15 is 0 Å². The van der Waals surface area contributed by atoms with Gasteiger partial charge in [0.15, 0.2) is 5.01 Å². The third kappa shape index (κ3) is 4.72. The van der Waals surface area contributed by atoms with Gasteiger partial charge in [-0.05, 0) is 54.3 Å². The SMILES string of the molecule is Cc1cc(/C=C(\Cl)c2nnc(C(=O)NCc3ccccc3)s2)cc(C)c1O. The maximum Gasteiger partial charge on any atom is 0.282 e. The van der Waals surface area contributed by atoms with Crippen LogP contribution in [-0.4, -0.2) is 21.2 Å². The molecule has 5 nitrogen and oxygen atoms in total. The van der Waals surface area contributed by atoms with Gasteiger partial charge in [-0.25, -0.2) is 0 Å². The van der Waals surface area contributed by atoms with Gasteiger partial charge in [-0.3, -0.25) is 4.79 Å². The van der Waals surface area contributed by atoms with E-state index in [0.717, 1.165) is 33.6 Å². The summed E-state index contributed by atoms with van der Waals surface area (Å²) in [6.45, 7) is 4.08. The van der Waals surface area contributed by atoms with Crippen LogP contribution in [0.2, 0.25) is 0 Å². The van der Waals surface area contributed by atoms with Gasteiger partial charge in [0, 0.05) is 6.54 Å². The van der Waals surface area contributed by atoms with Crippen molar-refractivity contribution in [3.8, 4) is 5.75 Å². The molecule has 1 amide bonds. The first-order valence-corrected chi connectivity index (χ1v) is 9.47. The van der Waals surface area contributed by atoms with E-state index in [2.05, 4.69) is 15.5 Å². The number of amides is 1. The van der Waals surface area contributed by atoms with Crippen molar-refractivity contribution in [2.45, 2.75) is 20.4 Å². The second-order valence-electron chi connectivity index (χ2n) is 6.08. The highest BCUT2D eigenvalue weighted by Gasteiger charge is 2.14. The second-order valence-corrected chi connectivity index (χ2v) is 7.46. The summed E-state index contributed by atoms with van der Waals surface area (Å²) in [4.78, 5) is 12.2. The van der Waals surface area contributed by atoms with E-state index in [9.17, 15) is 9.90 Å². The van der Waals surface area contributed by atoms with Crippen LogP contribution in [0.3, 0.4) is 0 Å². The molecule has 0 aliphatic heterocycles. The molecule has 1 aromatic heterocycles. The molecular weight excluding hydrogens is 382 g/mol. The number of hydrogen-bond donors (Lipinski definition) is 2. The van der Waals surface area contributed by atoms with Crippen LogP contribution in [-0.2, 0) is 6.54 Å². The number of rotatable bonds is 5. The van der Waals surface area contributed by atoms with Crippen LogP contribution in [0, 0.1) is 13.8 Å². The van der Waals surface area contributed by atoms with E-state index in [1.807, 2.05) is 56.3 Å². The Labute approximate surface area is 166 Å².